The normalized spacial score (nSPS) is 9.56. The van der Waals surface area contributed by atoms with Crippen molar-refractivity contribution in [1.82, 2.24) is 5.43 Å². The minimum atomic E-state index is -0.359. The van der Waals surface area contributed by atoms with Crippen LogP contribution in [0.2, 0.25) is 0 Å². The fraction of sp³-hybridized carbons (Fsp3) is 0. The molecule has 0 aromatic heterocycles. The topological polar surface area (TPSA) is 49.4 Å². The van der Waals surface area contributed by atoms with Crippen LogP contribution in [-0.2, 0) is 4.79 Å². The van der Waals surface area contributed by atoms with Gasteiger partial charge in [-0.05, 0) is 24.3 Å². The predicted octanol–water partition coefficient (Wildman–Crippen LogP) is 1.91. The molecule has 0 bridgehead atoms. The number of anilines is 1. The predicted molar refractivity (Wildman–Crippen MR) is 68.5 cm³/mol. The molecule has 0 heterocycles. The van der Waals surface area contributed by atoms with Gasteiger partial charge in [0.25, 0.3) is 5.91 Å². The van der Waals surface area contributed by atoms with Crippen LogP contribution in [0.15, 0.2) is 60.7 Å². The Kier molecular flexibility index (Phi) is 3.71. The molecule has 0 fully saturated rings. The average molecular weight is 239 g/mol. The molecular weight excluding hydrogens is 228 g/mol. The summed E-state index contributed by atoms with van der Waals surface area (Å²) < 4.78 is 0. The molecule has 0 atom stereocenters. The fourth-order valence-electron chi connectivity index (χ4n) is 1.47. The van der Waals surface area contributed by atoms with E-state index in [-0.39, 0.29) is 5.91 Å². The lowest BCUT2D eigenvalue weighted by atomic mass is 10.2. The Hall–Kier alpha value is -2.62. The highest BCUT2D eigenvalue weighted by molar-refractivity contribution is 5.97. The van der Waals surface area contributed by atoms with E-state index in [0.29, 0.717) is 11.3 Å². The van der Waals surface area contributed by atoms with Crippen molar-refractivity contribution in [3.63, 3.8) is 0 Å². The number of benzene rings is 2. The number of hydrogen-bond donors (Lipinski definition) is 1. The highest BCUT2D eigenvalue weighted by Crippen LogP contribution is 2.09. The van der Waals surface area contributed by atoms with E-state index in [9.17, 15) is 9.59 Å². The summed E-state index contributed by atoms with van der Waals surface area (Å²) in [6.45, 7) is 0. The minimum absolute atomic E-state index is 0.359. The van der Waals surface area contributed by atoms with Crippen LogP contribution in [0.3, 0.4) is 0 Å². The van der Waals surface area contributed by atoms with Gasteiger partial charge in [-0.1, -0.05) is 36.4 Å². The lowest BCUT2D eigenvalue weighted by Gasteiger charge is -2.17. The van der Waals surface area contributed by atoms with Crippen LogP contribution in [0.25, 0.3) is 0 Å². The molecule has 0 saturated carbocycles. The van der Waals surface area contributed by atoms with Gasteiger partial charge in [0.1, 0.15) is 0 Å². The van der Waals surface area contributed by atoms with Gasteiger partial charge in [0, 0.05) is 5.56 Å². The zero-order valence-electron chi connectivity index (χ0n) is 9.54. The zero-order valence-corrected chi connectivity index (χ0v) is 9.54. The van der Waals surface area contributed by atoms with E-state index < -0.39 is 0 Å². The van der Waals surface area contributed by atoms with Crippen molar-refractivity contribution in [2.24, 2.45) is 0 Å². The summed E-state index contributed by atoms with van der Waals surface area (Å²) in [5, 5.41) is 1.02. The van der Waals surface area contributed by atoms with E-state index in [1.165, 1.54) is 0 Å². The molecular formula is C14H11N2O2. The number of carbonyl (C=O) groups is 1. The summed E-state index contributed by atoms with van der Waals surface area (Å²) in [5.41, 5.74) is 3.50. The highest BCUT2D eigenvalue weighted by atomic mass is 16.2. The highest BCUT2D eigenvalue weighted by Gasteiger charge is 2.11. The summed E-state index contributed by atoms with van der Waals surface area (Å²) >= 11 is 0. The summed E-state index contributed by atoms with van der Waals surface area (Å²) in [6.07, 6.45) is 1.67. The number of rotatable bonds is 4. The molecule has 89 valence electrons. The van der Waals surface area contributed by atoms with Crippen LogP contribution >= 0.6 is 0 Å². The van der Waals surface area contributed by atoms with E-state index in [2.05, 4.69) is 5.43 Å². The lowest BCUT2D eigenvalue weighted by molar-refractivity contribution is 0.0954. The van der Waals surface area contributed by atoms with Gasteiger partial charge in [-0.15, -0.1) is 0 Å². The molecule has 1 N–H and O–H groups in total. The SMILES string of the molecule is O=[C]N(NC(=O)c1ccccc1)c1ccccc1. The third kappa shape index (κ3) is 2.74. The lowest BCUT2D eigenvalue weighted by Crippen LogP contribution is -2.41. The van der Waals surface area contributed by atoms with E-state index in [1.807, 2.05) is 12.1 Å². The first kappa shape index (κ1) is 11.9. The first-order chi connectivity index (χ1) is 8.81. The molecule has 1 radical (unpaired) electrons. The Morgan fingerprint density at radius 1 is 0.944 bits per heavy atom. The fourth-order valence-corrected chi connectivity index (χ4v) is 1.47. The number of nitrogens with zero attached hydrogens (tertiary/aromatic N) is 1. The number of carbonyl (C=O) groups excluding carboxylic acids is 2. The second-order valence-electron chi connectivity index (χ2n) is 3.57. The van der Waals surface area contributed by atoms with Gasteiger partial charge in [0.15, 0.2) is 0 Å². The molecule has 0 aliphatic carbocycles. The quantitative estimate of drug-likeness (QED) is 0.654. The van der Waals surface area contributed by atoms with Crippen LogP contribution in [0.4, 0.5) is 5.69 Å². The standard InChI is InChI=1S/C14H11N2O2/c17-11-16(13-9-5-2-6-10-13)15-14(18)12-7-3-1-4-8-12/h1-10H,(H,15,18). The van der Waals surface area contributed by atoms with E-state index in [4.69, 9.17) is 0 Å². The smallest absolute Gasteiger partial charge is 0.267 e. The molecule has 2 aromatic carbocycles. The van der Waals surface area contributed by atoms with Crippen molar-refractivity contribution < 1.29 is 9.59 Å². The molecule has 0 unspecified atom stereocenters. The Labute approximate surface area is 105 Å². The van der Waals surface area contributed by atoms with Gasteiger partial charge in [0.2, 0.25) is 0 Å². The largest absolute Gasteiger partial charge is 0.337 e. The van der Waals surface area contributed by atoms with Gasteiger partial charge in [0.05, 0.1) is 5.69 Å². The van der Waals surface area contributed by atoms with Crippen molar-refractivity contribution >= 4 is 18.0 Å². The van der Waals surface area contributed by atoms with Crippen molar-refractivity contribution in [3.05, 3.63) is 66.2 Å². The van der Waals surface area contributed by atoms with Gasteiger partial charge in [-0.2, -0.15) is 0 Å². The third-order valence-corrected chi connectivity index (χ3v) is 2.36. The molecule has 0 spiro atoms. The van der Waals surface area contributed by atoms with Gasteiger partial charge in [-0.3, -0.25) is 15.0 Å². The second-order valence-corrected chi connectivity index (χ2v) is 3.57. The Morgan fingerprint density at radius 2 is 1.50 bits per heavy atom. The number of amides is 2. The zero-order chi connectivity index (χ0) is 12.8. The minimum Gasteiger partial charge on any atom is -0.267 e. The second kappa shape index (κ2) is 5.63. The maximum absolute atomic E-state index is 11.9. The number of hydrazine groups is 1. The van der Waals surface area contributed by atoms with Gasteiger partial charge in [-0.25, -0.2) is 5.01 Å². The van der Waals surface area contributed by atoms with Gasteiger partial charge >= 0.3 is 6.41 Å². The molecule has 2 amide bonds. The molecule has 0 aliphatic heterocycles. The van der Waals surface area contributed by atoms with E-state index in [0.717, 1.165) is 5.01 Å². The van der Waals surface area contributed by atoms with Crippen molar-refractivity contribution in [2.75, 3.05) is 5.01 Å². The molecule has 4 heteroatoms. The van der Waals surface area contributed by atoms with Crippen molar-refractivity contribution in [3.8, 4) is 0 Å². The third-order valence-electron chi connectivity index (χ3n) is 2.36. The molecule has 4 nitrogen and oxygen atoms in total. The van der Waals surface area contributed by atoms with Crippen molar-refractivity contribution in [1.29, 1.82) is 0 Å². The van der Waals surface area contributed by atoms with Crippen molar-refractivity contribution in [2.45, 2.75) is 0 Å². The Morgan fingerprint density at radius 3 is 2.06 bits per heavy atom. The molecule has 18 heavy (non-hydrogen) atoms. The van der Waals surface area contributed by atoms with Crippen LogP contribution in [0, 0.1) is 0 Å². The van der Waals surface area contributed by atoms with E-state index >= 15 is 0 Å². The molecule has 0 saturated heterocycles. The summed E-state index contributed by atoms with van der Waals surface area (Å²) in [7, 11) is 0. The average Bonchev–Trinajstić information content (AvgIpc) is 2.46. The summed E-state index contributed by atoms with van der Waals surface area (Å²) in [6, 6.07) is 17.4. The number of para-hydroxylation sites is 1. The van der Waals surface area contributed by atoms with Crippen LogP contribution < -0.4 is 10.4 Å². The monoisotopic (exact) mass is 239 g/mol. The summed E-state index contributed by atoms with van der Waals surface area (Å²) in [5.74, 6) is -0.359. The van der Waals surface area contributed by atoms with E-state index in [1.54, 1.807) is 54.9 Å². The maximum atomic E-state index is 11.9. The van der Waals surface area contributed by atoms with Crippen LogP contribution in [-0.4, -0.2) is 12.3 Å². The first-order valence-electron chi connectivity index (χ1n) is 5.40. The van der Waals surface area contributed by atoms with Gasteiger partial charge < -0.3 is 0 Å². The number of nitrogens with one attached hydrogen (secondary N) is 1. The molecule has 2 aromatic rings. The van der Waals surface area contributed by atoms with Crippen LogP contribution in [0.5, 0.6) is 0 Å². The Balaban J connectivity index is 2.13. The van der Waals surface area contributed by atoms with Crippen LogP contribution in [0.1, 0.15) is 10.4 Å². The molecule has 0 aliphatic rings. The number of hydrogen-bond acceptors (Lipinski definition) is 2. The maximum Gasteiger partial charge on any atom is 0.337 e. The molecule has 2 rings (SSSR count). The summed E-state index contributed by atoms with van der Waals surface area (Å²) in [4.78, 5) is 22.7. The first-order valence-corrected chi connectivity index (χ1v) is 5.40. The Bertz CT molecular complexity index is 526.